The molecule has 0 bridgehead atoms. The lowest BCUT2D eigenvalue weighted by molar-refractivity contribution is -0.125. The summed E-state index contributed by atoms with van der Waals surface area (Å²) in [6, 6.07) is -0.375. The van der Waals surface area contributed by atoms with Gasteiger partial charge in [-0.2, -0.15) is 0 Å². The highest BCUT2D eigenvalue weighted by Gasteiger charge is 2.17. The smallest absolute Gasteiger partial charge is 0.357 e. The molecule has 0 spiro atoms. The SMILES string of the molecule is CCOC(=O)c1csc([C@H](C)NC(=O)CNC(=O)CN)n1. The van der Waals surface area contributed by atoms with Gasteiger partial charge in [0.25, 0.3) is 0 Å². The van der Waals surface area contributed by atoms with Gasteiger partial charge < -0.3 is 21.1 Å². The van der Waals surface area contributed by atoms with Gasteiger partial charge in [-0.25, -0.2) is 9.78 Å². The highest BCUT2D eigenvalue weighted by molar-refractivity contribution is 7.09. The molecule has 4 N–H and O–H groups in total. The number of carbonyl (C=O) groups is 3. The maximum atomic E-state index is 11.6. The van der Waals surface area contributed by atoms with Gasteiger partial charge in [0.2, 0.25) is 11.8 Å². The standard InChI is InChI=1S/C12H18N4O4S/c1-3-20-12(19)8-6-21-11(16-8)7(2)15-10(18)5-14-9(17)4-13/h6-7H,3-5,13H2,1-2H3,(H,14,17)(H,15,18)/t7-/m0/s1. The molecule has 0 aromatic carbocycles. The van der Waals surface area contributed by atoms with Crippen molar-refractivity contribution in [3.8, 4) is 0 Å². The largest absolute Gasteiger partial charge is 0.461 e. The number of hydrogen-bond acceptors (Lipinski definition) is 7. The van der Waals surface area contributed by atoms with Crippen LogP contribution in [0, 0.1) is 0 Å². The Kier molecular flexibility index (Phi) is 6.76. The molecule has 1 rings (SSSR count). The molecule has 9 heteroatoms. The molecule has 1 aromatic rings. The van der Waals surface area contributed by atoms with Crippen molar-refractivity contribution in [2.45, 2.75) is 19.9 Å². The number of aromatic nitrogens is 1. The van der Waals surface area contributed by atoms with Crippen LogP contribution in [0.5, 0.6) is 0 Å². The molecule has 2 amide bonds. The Morgan fingerprint density at radius 1 is 1.43 bits per heavy atom. The lowest BCUT2D eigenvalue weighted by Crippen LogP contribution is -2.40. The fraction of sp³-hybridized carbons (Fsp3) is 0.500. The van der Waals surface area contributed by atoms with Gasteiger partial charge in [-0.3, -0.25) is 9.59 Å². The maximum absolute atomic E-state index is 11.6. The normalized spacial score (nSPS) is 11.6. The van der Waals surface area contributed by atoms with Gasteiger partial charge in [-0.1, -0.05) is 0 Å². The van der Waals surface area contributed by atoms with Crippen LogP contribution in [-0.2, 0) is 14.3 Å². The van der Waals surface area contributed by atoms with E-state index in [1.165, 1.54) is 11.3 Å². The summed E-state index contributed by atoms with van der Waals surface area (Å²) in [6.07, 6.45) is 0. The van der Waals surface area contributed by atoms with E-state index in [9.17, 15) is 14.4 Å². The van der Waals surface area contributed by atoms with Crippen LogP contribution in [0.4, 0.5) is 0 Å². The highest BCUT2D eigenvalue weighted by atomic mass is 32.1. The van der Waals surface area contributed by atoms with E-state index in [0.29, 0.717) is 5.01 Å². The summed E-state index contributed by atoms with van der Waals surface area (Å²) in [5.74, 6) is -1.26. The zero-order valence-electron chi connectivity index (χ0n) is 11.8. The minimum atomic E-state index is -0.492. The number of ether oxygens (including phenoxy) is 1. The molecule has 0 aliphatic rings. The van der Waals surface area contributed by atoms with Crippen molar-refractivity contribution in [1.82, 2.24) is 15.6 Å². The molecule has 0 saturated carbocycles. The summed E-state index contributed by atoms with van der Waals surface area (Å²) in [5, 5.41) is 7.18. The Hall–Kier alpha value is -2.00. The van der Waals surface area contributed by atoms with Crippen LogP contribution < -0.4 is 16.4 Å². The molecular weight excluding hydrogens is 296 g/mol. The Balaban J connectivity index is 2.52. The fourth-order valence-corrected chi connectivity index (χ4v) is 2.19. The number of nitrogens with one attached hydrogen (secondary N) is 2. The summed E-state index contributed by atoms with van der Waals surface area (Å²) in [5.41, 5.74) is 5.33. The number of nitrogens with zero attached hydrogens (tertiary/aromatic N) is 1. The van der Waals surface area contributed by atoms with Gasteiger partial charge in [0.15, 0.2) is 5.69 Å². The Morgan fingerprint density at radius 2 is 2.14 bits per heavy atom. The first-order valence-electron chi connectivity index (χ1n) is 6.36. The molecule has 0 aliphatic heterocycles. The molecule has 0 unspecified atom stereocenters. The minimum Gasteiger partial charge on any atom is -0.461 e. The Bertz CT molecular complexity index is 517. The zero-order valence-corrected chi connectivity index (χ0v) is 12.7. The van der Waals surface area contributed by atoms with E-state index in [1.807, 2.05) is 0 Å². The number of thiazole rings is 1. The third-order valence-corrected chi connectivity index (χ3v) is 3.41. The number of esters is 1. The molecule has 1 heterocycles. The Labute approximate surface area is 126 Å². The van der Waals surface area contributed by atoms with Crippen molar-refractivity contribution in [2.75, 3.05) is 19.7 Å². The lowest BCUT2D eigenvalue weighted by Gasteiger charge is -2.11. The summed E-state index contributed by atoms with van der Waals surface area (Å²) >= 11 is 1.25. The van der Waals surface area contributed by atoms with Gasteiger partial charge in [0, 0.05) is 5.38 Å². The third-order valence-electron chi connectivity index (χ3n) is 2.39. The monoisotopic (exact) mass is 314 g/mol. The average Bonchev–Trinajstić information content (AvgIpc) is 2.95. The van der Waals surface area contributed by atoms with Crippen LogP contribution >= 0.6 is 11.3 Å². The second-order valence-corrected chi connectivity index (χ2v) is 4.95. The average molecular weight is 314 g/mol. The molecular formula is C12H18N4O4S. The molecule has 0 saturated heterocycles. The van der Waals surface area contributed by atoms with Crippen LogP contribution in [0.3, 0.4) is 0 Å². The minimum absolute atomic E-state index is 0.156. The van der Waals surface area contributed by atoms with Gasteiger partial charge in [0.1, 0.15) is 5.01 Å². The van der Waals surface area contributed by atoms with Crippen molar-refractivity contribution in [1.29, 1.82) is 0 Å². The second kappa shape index (κ2) is 8.32. The molecule has 21 heavy (non-hydrogen) atoms. The quantitative estimate of drug-likeness (QED) is 0.587. The van der Waals surface area contributed by atoms with Crippen LogP contribution in [0.2, 0.25) is 0 Å². The number of rotatable bonds is 7. The van der Waals surface area contributed by atoms with Gasteiger partial charge in [-0.05, 0) is 13.8 Å². The van der Waals surface area contributed by atoms with Crippen molar-refractivity contribution in [2.24, 2.45) is 5.73 Å². The van der Waals surface area contributed by atoms with Gasteiger partial charge in [0.05, 0.1) is 25.7 Å². The van der Waals surface area contributed by atoms with E-state index in [2.05, 4.69) is 15.6 Å². The van der Waals surface area contributed by atoms with E-state index < -0.39 is 11.9 Å². The third kappa shape index (κ3) is 5.48. The molecule has 0 aliphatic carbocycles. The highest BCUT2D eigenvalue weighted by Crippen LogP contribution is 2.18. The first-order valence-corrected chi connectivity index (χ1v) is 7.24. The predicted octanol–water partition coefficient (Wildman–Crippen LogP) is -0.428. The number of carbonyl (C=O) groups excluding carboxylic acids is 3. The Morgan fingerprint density at radius 3 is 2.76 bits per heavy atom. The van der Waals surface area contributed by atoms with E-state index >= 15 is 0 Å². The molecule has 8 nitrogen and oxygen atoms in total. The molecule has 116 valence electrons. The van der Waals surface area contributed by atoms with Crippen LogP contribution in [0.1, 0.15) is 35.4 Å². The summed E-state index contributed by atoms with van der Waals surface area (Å²) in [4.78, 5) is 38.1. The van der Waals surface area contributed by atoms with Crippen LogP contribution in [0.25, 0.3) is 0 Å². The topological polar surface area (TPSA) is 123 Å². The van der Waals surface area contributed by atoms with E-state index in [1.54, 1.807) is 19.2 Å². The van der Waals surface area contributed by atoms with Crippen molar-refractivity contribution in [3.63, 3.8) is 0 Å². The van der Waals surface area contributed by atoms with Gasteiger partial charge >= 0.3 is 5.97 Å². The summed E-state index contributed by atoms with van der Waals surface area (Å²) in [6.45, 7) is 3.40. The first kappa shape index (κ1) is 17.1. The van der Waals surface area contributed by atoms with Crippen molar-refractivity contribution >= 4 is 29.1 Å². The number of hydrogen-bond donors (Lipinski definition) is 3. The summed E-state index contributed by atoms with van der Waals surface area (Å²) in [7, 11) is 0. The van der Waals surface area contributed by atoms with Crippen molar-refractivity contribution < 1.29 is 19.1 Å². The summed E-state index contributed by atoms with van der Waals surface area (Å²) < 4.78 is 4.84. The maximum Gasteiger partial charge on any atom is 0.357 e. The molecule has 0 fully saturated rings. The fourth-order valence-electron chi connectivity index (χ4n) is 1.39. The van der Waals surface area contributed by atoms with Crippen LogP contribution in [-0.4, -0.2) is 42.5 Å². The van der Waals surface area contributed by atoms with Crippen LogP contribution in [0.15, 0.2) is 5.38 Å². The molecule has 0 radical (unpaired) electrons. The second-order valence-electron chi connectivity index (χ2n) is 4.06. The van der Waals surface area contributed by atoms with E-state index in [-0.39, 0.29) is 37.3 Å². The van der Waals surface area contributed by atoms with Gasteiger partial charge in [-0.15, -0.1) is 11.3 Å². The predicted molar refractivity (Wildman–Crippen MR) is 76.7 cm³/mol. The van der Waals surface area contributed by atoms with E-state index in [0.717, 1.165) is 0 Å². The lowest BCUT2D eigenvalue weighted by atomic mass is 10.3. The number of nitrogens with two attached hydrogens (primary N) is 1. The molecule has 1 atom stereocenters. The zero-order chi connectivity index (χ0) is 15.8. The van der Waals surface area contributed by atoms with Crippen molar-refractivity contribution in [3.05, 3.63) is 16.1 Å². The first-order chi connectivity index (χ1) is 9.97. The van der Waals surface area contributed by atoms with E-state index in [4.69, 9.17) is 10.5 Å². The molecule has 1 aromatic heterocycles. The number of amides is 2.